The maximum absolute atomic E-state index is 12.0. The van der Waals surface area contributed by atoms with Gasteiger partial charge in [0.1, 0.15) is 0 Å². The summed E-state index contributed by atoms with van der Waals surface area (Å²) in [6, 6.07) is 3.40. The van der Waals surface area contributed by atoms with E-state index in [0.717, 1.165) is 16.9 Å². The fraction of sp³-hybridized carbons (Fsp3) is 0.0909. The fourth-order valence-corrected chi connectivity index (χ4v) is 1.84. The van der Waals surface area contributed by atoms with Gasteiger partial charge in [0.15, 0.2) is 0 Å². The van der Waals surface area contributed by atoms with Crippen LogP contribution < -0.4 is 10.9 Å². The highest BCUT2D eigenvalue weighted by atomic mass is 35.5. The number of allylic oxidation sites excluding steroid dienone is 1. The molecule has 0 unspecified atom stereocenters. The molecule has 2 rings (SSSR count). The summed E-state index contributed by atoms with van der Waals surface area (Å²) in [5.41, 5.74) is 4.89. The number of carbonyl (C=O) groups excluding carboxylic acids is 1. The number of nitro benzene ring substituents is 1. The third-order valence-electron chi connectivity index (χ3n) is 2.67. The molecular weight excluding hydrogens is 360 g/mol. The number of rotatable bonds is 6. The minimum atomic E-state index is -0.807. The van der Waals surface area contributed by atoms with Gasteiger partial charge in [-0.2, -0.15) is 0 Å². The molecule has 0 aliphatic rings. The first-order chi connectivity index (χ1) is 11.8. The number of hydrogen-bond donors (Lipinski definition) is 2. The van der Waals surface area contributed by atoms with Gasteiger partial charge in [-0.3, -0.25) is 20.3 Å². The van der Waals surface area contributed by atoms with Crippen molar-refractivity contribution in [3.8, 4) is 0 Å². The lowest BCUT2D eigenvalue weighted by Crippen LogP contribution is -2.36. The van der Waals surface area contributed by atoms with Crippen molar-refractivity contribution >= 4 is 35.3 Å². The molecule has 0 saturated heterocycles. The number of hydrogen-bond acceptors (Lipinski definition) is 9. The first-order valence-corrected chi connectivity index (χ1v) is 6.78. The highest BCUT2D eigenvalue weighted by Gasteiger charge is 2.16. The first-order valence-electron chi connectivity index (χ1n) is 6.40. The molecule has 0 fully saturated rings. The van der Waals surface area contributed by atoms with Crippen LogP contribution in [0, 0.1) is 20.2 Å². The maximum Gasteiger partial charge on any atom is 0.515 e. The molecule has 0 spiro atoms. The Balaban J connectivity index is 2.02. The quantitative estimate of drug-likeness (QED) is 0.554. The molecule has 0 aliphatic carbocycles. The van der Waals surface area contributed by atoms with Crippen LogP contribution in [0.1, 0.15) is 17.3 Å². The van der Waals surface area contributed by atoms with Crippen LogP contribution in [-0.4, -0.2) is 36.0 Å². The highest BCUT2D eigenvalue weighted by Crippen LogP contribution is 2.22. The fourth-order valence-electron chi connectivity index (χ4n) is 1.58. The molecule has 1 amide bonds. The molecule has 25 heavy (non-hydrogen) atoms. The summed E-state index contributed by atoms with van der Waals surface area (Å²) in [7, 11) is 0. The molecular formula is C11H9ClN8O5. The van der Waals surface area contributed by atoms with Gasteiger partial charge in [-0.05, 0) is 17.9 Å². The van der Waals surface area contributed by atoms with Gasteiger partial charge in [-0.25, -0.2) is 0 Å². The van der Waals surface area contributed by atoms with Gasteiger partial charge >= 0.3 is 5.95 Å². The second kappa shape index (κ2) is 7.31. The van der Waals surface area contributed by atoms with Gasteiger partial charge in [0.05, 0.1) is 37.1 Å². The van der Waals surface area contributed by atoms with Crippen LogP contribution in [0.15, 0.2) is 23.9 Å². The van der Waals surface area contributed by atoms with Crippen molar-refractivity contribution in [2.75, 3.05) is 0 Å². The molecule has 0 radical (unpaired) electrons. The standard InChI is InChI=1S/C11H9ClN8O5/c1-6(5-18-16-11(15-17-18)20(24)25)13-14-10(21)8-3-2-7(19(22)23)4-9(8)12/h2-5,13H,1H3,(H,14,21)/b6-5-. The lowest BCUT2D eigenvalue weighted by Gasteiger charge is -2.09. The van der Waals surface area contributed by atoms with E-state index in [1.165, 1.54) is 19.2 Å². The molecule has 1 aromatic carbocycles. The van der Waals surface area contributed by atoms with Gasteiger partial charge in [0.25, 0.3) is 11.6 Å². The Morgan fingerprint density at radius 2 is 2.00 bits per heavy atom. The topological polar surface area (TPSA) is 171 Å². The molecule has 1 aromatic heterocycles. The Hall–Kier alpha value is -3.61. The number of tetrazole rings is 1. The normalized spacial score (nSPS) is 11.0. The molecule has 13 nitrogen and oxygen atoms in total. The first kappa shape index (κ1) is 17.7. The predicted octanol–water partition coefficient (Wildman–Crippen LogP) is 0.896. The largest absolute Gasteiger partial charge is 0.515 e. The molecule has 1 heterocycles. The second-order valence-electron chi connectivity index (χ2n) is 4.48. The Kier molecular flexibility index (Phi) is 5.18. The minimum Gasteiger partial charge on any atom is -0.390 e. The Morgan fingerprint density at radius 3 is 2.56 bits per heavy atom. The lowest BCUT2D eigenvalue weighted by atomic mass is 10.2. The number of carbonyl (C=O) groups is 1. The smallest absolute Gasteiger partial charge is 0.390 e. The summed E-state index contributed by atoms with van der Waals surface area (Å²) in [5, 5.41) is 31.1. The van der Waals surface area contributed by atoms with Gasteiger partial charge in [-0.15, -0.1) is 0 Å². The van der Waals surface area contributed by atoms with Gasteiger partial charge in [0, 0.05) is 17.8 Å². The summed E-state index contributed by atoms with van der Waals surface area (Å²) in [6.07, 6.45) is 1.23. The summed E-state index contributed by atoms with van der Waals surface area (Å²) in [4.78, 5) is 32.5. The molecule has 0 saturated carbocycles. The number of nitro groups is 2. The number of hydrazine groups is 1. The maximum atomic E-state index is 12.0. The van der Waals surface area contributed by atoms with Crippen LogP contribution in [0.3, 0.4) is 0 Å². The summed E-state index contributed by atoms with van der Waals surface area (Å²) in [6.45, 7) is 1.52. The molecule has 2 N–H and O–H groups in total. The third-order valence-corrected chi connectivity index (χ3v) is 2.98. The molecule has 0 aliphatic heterocycles. The number of amides is 1. The number of nitrogens with one attached hydrogen (secondary N) is 2. The van der Waals surface area contributed by atoms with Crippen LogP contribution >= 0.6 is 11.6 Å². The van der Waals surface area contributed by atoms with Crippen molar-refractivity contribution in [1.82, 2.24) is 31.1 Å². The van der Waals surface area contributed by atoms with E-state index in [2.05, 4.69) is 26.3 Å². The Bertz CT molecular complexity index is 879. The molecule has 2 aromatic rings. The van der Waals surface area contributed by atoms with Crippen LogP contribution in [0.5, 0.6) is 0 Å². The second-order valence-corrected chi connectivity index (χ2v) is 4.89. The van der Waals surface area contributed by atoms with E-state index in [4.69, 9.17) is 11.6 Å². The van der Waals surface area contributed by atoms with Crippen molar-refractivity contribution in [2.45, 2.75) is 6.92 Å². The van der Waals surface area contributed by atoms with Crippen LogP contribution in [0.2, 0.25) is 5.02 Å². The van der Waals surface area contributed by atoms with E-state index >= 15 is 0 Å². The molecule has 0 bridgehead atoms. The number of non-ortho nitro benzene ring substituents is 1. The van der Waals surface area contributed by atoms with Crippen LogP contribution in [-0.2, 0) is 0 Å². The van der Waals surface area contributed by atoms with E-state index in [-0.39, 0.29) is 16.3 Å². The van der Waals surface area contributed by atoms with Crippen molar-refractivity contribution in [3.05, 3.63) is 54.7 Å². The van der Waals surface area contributed by atoms with Gasteiger partial charge < -0.3 is 15.5 Å². The highest BCUT2D eigenvalue weighted by molar-refractivity contribution is 6.34. The van der Waals surface area contributed by atoms with Gasteiger partial charge in [0.2, 0.25) is 0 Å². The molecule has 14 heteroatoms. The molecule has 0 atom stereocenters. The van der Waals surface area contributed by atoms with Crippen LogP contribution in [0.25, 0.3) is 6.20 Å². The zero-order chi connectivity index (χ0) is 18.6. The van der Waals surface area contributed by atoms with Gasteiger partial charge in [-0.1, -0.05) is 16.4 Å². The molecule has 130 valence electrons. The van der Waals surface area contributed by atoms with Crippen molar-refractivity contribution < 1.29 is 14.6 Å². The zero-order valence-corrected chi connectivity index (χ0v) is 13.2. The average Bonchev–Trinajstić information content (AvgIpc) is 3.01. The summed E-state index contributed by atoms with van der Waals surface area (Å²) < 4.78 is 0. The Labute approximate surface area is 143 Å². The lowest BCUT2D eigenvalue weighted by molar-refractivity contribution is -0.394. The number of nitrogens with zero attached hydrogens (tertiary/aromatic N) is 6. The predicted molar refractivity (Wildman–Crippen MR) is 83.1 cm³/mol. The van der Waals surface area contributed by atoms with Crippen LogP contribution in [0.4, 0.5) is 11.6 Å². The number of benzene rings is 1. The van der Waals surface area contributed by atoms with E-state index in [9.17, 15) is 25.0 Å². The van der Waals surface area contributed by atoms with E-state index in [1.807, 2.05) is 0 Å². The van der Waals surface area contributed by atoms with E-state index in [1.54, 1.807) is 0 Å². The summed E-state index contributed by atoms with van der Waals surface area (Å²) in [5.74, 6) is -1.32. The van der Waals surface area contributed by atoms with Crippen molar-refractivity contribution in [2.24, 2.45) is 0 Å². The SMILES string of the molecule is C/C(=C/n1nnc([N+](=O)[O-])n1)NNC(=O)c1ccc([N+](=O)[O-])cc1Cl. The van der Waals surface area contributed by atoms with Crippen molar-refractivity contribution in [1.29, 1.82) is 0 Å². The summed E-state index contributed by atoms with van der Waals surface area (Å²) >= 11 is 5.84. The third kappa shape index (κ3) is 4.44. The zero-order valence-electron chi connectivity index (χ0n) is 12.4. The van der Waals surface area contributed by atoms with Crippen molar-refractivity contribution in [3.63, 3.8) is 0 Å². The average molecular weight is 369 g/mol. The minimum absolute atomic E-state index is 0.0158. The number of aromatic nitrogens is 4. The Morgan fingerprint density at radius 1 is 1.28 bits per heavy atom. The number of halogens is 1. The van der Waals surface area contributed by atoms with E-state index in [0.29, 0.717) is 5.70 Å². The monoisotopic (exact) mass is 368 g/mol. The van der Waals surface area contributed by atoms with E-state index < -0.39 is 21.7 Å².